The van der Waals surface area contributed by atoms with Crippen LogP contribution in [-0.2, 0) is 6.61 Å². The third-order valence-electron chi connectivity index (χ3n) is 2.94. The molecule has 0 saturated carbocycles. The van der Waals surface area contributed by atoms with Gasteiger partial charge in [0.1, 0.15) is 29.5 Å². The first-order valence-electron chi connectivity index (χ1n) is 6.22. The summed E-state index contributed by atoms with van der Waals surface area (Å²) < 4.78 is 20.0. The molecule has 3 aromatic rings. The molecule has 0 atom stereocenters. The van der Waals surface area contributed by atoms with Gasteiger partial charge in [0.2, 0.25) is 0 Å². The second-order valence-corrected chi connectivity index (χ2v) is 4.42. The Morgan fingerprint density at radius 3 is 2.86 bits per heavy atom. The zero-order chi connectivity index (χ0) is 14.8. The first-order valence-corrected chi connectivity index (χ1v) is 6.22. The molecule has 106 valence electrons. The number of carboxylic acids is 1. The molecule has 2 heterocycles. The first-order chi connectivity index (χ1) is 10.1. The smallest absolute Gasteiger partial charge is 0.352 e. The van der Waals surface area contributed by atoms with Crippen molar-refractivity contribution in [2.24, 2.45) is 0 Å². The minimum atomic E-state index is -1.03. The van der Waals surface area contributed by atoms with E-state index >= 15 is 0 Å². The number of pyridine rings is 1. The number of nitrogens with zero attached hydrogens (tertiary/aromatic N) is 2. The summed E-state index contributed by atoms with van der Waals surface area (Å²) in [6.07, 6.45) is 1.60. The van der Waals surface area contributed by atoms with Crippen LogP contribution in [0, 0.1) is 5.82 Å². The van der Waals surface area contributed by atoms with E-state index in [-0.39, 0.29) is 18.1 Å². The van der Waals surface area contributed by atoms with Crippen LogP contribution in [0.1, 0.15) is 16.2 Å². The maximum absolute atomic E-state index is 13.0. The molecule has 1 N–H and O–H groups in total. The van der Waals surface area contributed by atoms with Crippen molar-refractivity contribution < 1.29 is 19.0 Å². The van der Waals surface area contributed by atoms with E-state index in [4.69, 9.17) is 9.84 Å². The van der Waals surface area contributed by atoms with E-state index in [0.717, 1.165) is 0 Å². The summed E-state index contributed by atoms with van der Waals surface area (Å²) in [5, 5.41) is 9.11. The molecular weight excluding hydrogens is 275 g/mol. The number of benzene rings is 1. The van der Waals surface area contributed by atoms with Gasteiger partial charge in [-0.1, -0.05) is 12.1 Å². The number of carbonyl (C=O) groups is 1. The predicted octanol–water partition coefficient (Wildman–Crippen LogP) is 2.75. The summed E-state index contributed by atoms with van der Waals surface area (Å²) in [7, 11) is 0. The average Bonchev–Trinajstić information content (AvgIpc) is 2.87. The molecule has 0 saturated heterocycles. The zero-order valence-electron chi connectivity index (χ0n) is 10.9. The van der Waals surface area contributed by atoms with Crippen LogP contribution >= 0.6 is 0 Å². The first kappa shape index (κ1) is 13.1. The Hall–Kier alpha value is -2.89. The largest absolute Gasteiger partial charge is 0.487 e. The van der Waals surface area contributed by atoms with Crippen molar-refractivity contribution >= 4 is 11.6 Å². The Balaban J connectivity index is 1.85. The number of hydrogen-bond acceptors (Lipinski definition) is 3. The molecule has 0 aliphatic carbocycles. The maximum Gasteiger partial charge on any atom is 0.352 e. The summed E-state index contributed by atoms with van der Waals surface area (Å²) in [6, 6.07) is 10.6. The van der Waals surface area contributed by atoms with Gasteiger partial charge >= 0.3 is 5.97 Å². The molecule has 0 fully saturated rings. The molecule has 5 nitrogen and oxygen atoms in total. The van der Waals surface area contributed by atoms with Gasteiger partial charge in [-0.3, -0.25) is 4.40 Å². The van der Waals surface area contributed by atoms with Gasteiger partial charge in [0.15, 0.2) is 0 Å². The number of ether oxygens (including phenoxy) is 1. The van der Waals surface area contributed by atoms with Crippen LogP contribution in [0.5, 0.6) is 5.75 Å². The molecule has 6 heteroatoms. The topological polar surface area (TPSA) is 63.8 Å². The molecule has 2 aromatic heterocycles. The number of carboxylic acid groups (broad SMARTS) is 1. The Labute approximate surface area is 119 Å². The Morgan fingerprint density at radius 1 is 1.29 bits per heavy atom. The SMILES string of the molecule is O=C(O)c1cccc2nc(COc3cccc(F)c3)cn12. The normalized spacial score (nSPS) is 10.7. The Bertz CT molecular complexity index is 814. The van der Waals surface area contributed by atoms with E-state index in [0.29, 0.717) is 17.1 Å². The van der Waals surface area contributed by atoms with Gasteiger partial charge in [-0.2, -0.15) is 0 Å². The quantitative estimate of drug-likeness (QED) is 0.801. The van der Waals surface area contributed by atoms with Gasteiger partial charge in [0.25, 0.3) is 0 Å². The highest BCUT2D eigenvalue weighted by atomic mass is 19.1. The van der Waals surface area contributed by atoms with E-state index in [9.17, 15) is 9.18 Å². The lowest BCUT2D eigenvalue weighted by atomic mass is 10.3. The van der Waals surface area contributed by atoms with E-state index in [1.165, 1.54) is 22.6 Å². The van der Waals surface area contributed by atoms with Crippen molar-refractivity contribution in [3.8, 4) is 5.75 Å². The highest BCUT2D eigenvalue weighted by Gasteiger charge is 2.10. The van der Waals surface area contributed by atoms with Gasteiger partial charge in [-0.25, -0.2) is 14.2 Å². The van der Waals surface area contributed by atoms with Gasteiger partial charge < -0.3 is 9.84 Å². The van der Waals surface area contributed by atoms with E-state index < -0.39 is 5.97 Å². The van der Waals surface area contributed by atoms with Gasteiger partial charge in [0.05, 0.1) is 5.69 Å². The molecule has 0 aliphatic rings. The lowest BCUT2D eigenvalue weighted by Crippen LogP contribution is -2.03. The second-order valence-electron chi connectivity index (χ2n) is 4.42. The molecule has 3 rings (SSSR count). The summed E-state index contributed by atoms with van der Waals surface area (Å²) in [6.45, 7) is 0.129. The van der Waals surface area contributed by atoms with E-state index in [2.05, 4.69) is 4.98 Å². The number of imidazole rings is 1. The lowest BCUT2D eigenvalue weighted by molar-refractivity contribution is 0.0689. The van der Waals surface area contributed by atoms with Crippen LogP contribution in [0.25, 0.3) is 5.65 Å². The molecule has 0 radical (unpaired) electrons. The maximum atomic E-state index is 13.0. The molecule has 21 heavy (non-hydrogen) atoms. The summed E-state index contributed by atoms with van der Waals surface area (Å²) >= 11 is 0. The average molecular weight is 286 g/mol. The monoisotopic (exact) mass is 286 g/mol. The number of halogens is 1. The van der Waals surface area contributed by atoms with Crippen molar-refractivity contribution in [3.63, 3.8) is 0 Å². The minimum Gasteiger partial charge on any atom is -0.487 e. The van der Waals surface area contributed by atoms with E-state index in [1.54, 1.807) is 30.5 Å². The van der Waals surface area contributed by atoms with Crippen LogP contribution in [0.4, 0.5) is 4.39 Å². The van der Waals surface area contributed by atoms with Crippen LogP contribution in [0.2, 0.25) is 0 Å². The highest BCUT2D eigenvalue weighted by molar-refractivity contribution is 5.86. The third kappa shape index (κ3) is 2.69. The van der Waals surface area contributed by atoms with Crippen molar-refractivity contribution in [2.75, 3.05) is 0 Å². The Kier molecular flexibility index (Phi) is 3.27. The standard InChI is InChI=1S/C15H11FN2O3/c16-10-3-1-4-12(7-10)21-9-11-8-18-13(15(19)20)5-2-6-14(18)17-11/h1-8H,9H2,(H,19,20). The van der Waals surface area contributed by atoms with Crippen molar-refractivity contribution in [1.82, 2.24) is 9.38 Å². The van der Waals surface area contributed by atoms with Crippen LogP contribution < -0.4 is 4.74 Å². The third-order valence-corrected chi connectivity index (χ3v) is 2.94. The highest BCUT2D eigenvalue weighted by Crippen LogP contribution is 2.15. The lowest BCUT2D eigenvalue weighted by Gasteiger charge is -2.03. The zero-order valence-corrected chi connectivity index (χ0v) is 10.9. The fourth-order valence-electron chi connectivity index (χ4n) is 2.02. The number of aromatic carboxylic acids is 1. The van der Waals surface area contributed by atoms with Crippen LogP contribution in [-0.4, -0.2) is 20.5 Å². The van der Waals surface area contributed by atoms with E-state index in [1.807, 2.05) is 0 Å². The molecule has 0 aliphatic heterocycles. The number of rotatable bonds is 4. The number of hydrogen-bond donors (Lipinski definition) is 1. The molecule has 1 aromatic carbocycles. The molecule has 0 bridgehead atoms. The summed E-state index contributed by atoms with van der Waals surface area (Å²) in [4.78, 5) is 15.4. The number of fused-ring (bicyclic) bond motifs is 1. The van der Waals surface area contributed by atoms with Crippen LogP contribution in [0.3, 0.4) is 0 Å². The summed E-state index contributed by atoms with van der Waals surface area (Å²) in [5.41, 5.74) is 1.21. The predicted molar refractivity (Wildman–Crippen MR) is 72.9 cm³/mol. The molecule has 0 unspecified atom stereocenters. The van der Waals surface area contributed by atoms with Gasteiger partial charge in [-0.05, 0) is 24.3 Å². The van der Waals surface area contributed by atoms with Gasteiger partial charge in [0, 0.05) is 12.3 Å². The Morgan fingerprint density at radius 2 is 2.10 bits per heavy atom. The number of aromatic nitrogens is 2. The van der Waals surface area contributed by atoms with Crippen molar-refractivity contribution in [3.05, 3.63) is 65.9 Å². The van der Waals surface area contributed by atoms with Gasteiger partial charge in [-0.15, -0.1) is 0 Å². The summed E-state index contributed by atoms with van der Waals surface area (Å²) in [5.74, 6) is -1.02. The van der Waals surface area contributed by atoms with Crippen LogP contribution in [0.15, 0.2) is 48.7 Å². The minimum absolute atomic E-state index is 0.122. The molecular formula is C15H11FN2O3. The fourth-order valence-corrected chi connectivity index (χ4v) is 2.02. The van der Waals surface area contributed by atoms with Crippen molar-refractivity contribution in [2.45, 2.75) is 6.61 Å². The molecule has 0 spiro atoms. The fraction of sp³-hybridized carbons (Fsp3) is 0.0667. The second kappa shape index (κ2) is 5.24. The molecule has 0 amide bonds. The van der Waals surface area contributed by atoms with Crippen molar-refractivity contribution in [1.29, 1.82) is 0 Å².